The Morgan fingerprint density at radius 2 is 1.86 bits per heavy atom. The highest BCUT2D eigenvalue weighted by molar-refractivity contribution is 7.18. The minimum atomic E-state index is -0.541. The number of hydrogen-bond acceptors (Lipinski definition) is 3. The topological polar surface area (TPSA) is 26.3 Å². The third-order valence-corrected chi connectivity index (χ3v) is 4.46. The first-order valence-corrected chi connectivity index (χ1v) is 7.78. The largest absolute Gasteiger partial charge is 0.483 e. The zero-order valence-electron chi connectivity index (χ0n) is 11.4. The van der Waals surface area contributed by atoms with Crippen molar-refractivity contribution < 1.29 is 9.53 Å². The molecule has 0 aliphatic rings. The molecule has 0 aliphatic heterocycles. The predicted octanol–water partition coefficient (Wildman–Crippen LogP) is 5.20. The number of fused-ring (bicyclic) bond motifs is 1. The molecule has 0 amide bonds. The molecule has 0 N–H and O–H groups in total. The summed E-state index contributed by atoms with van der Waals surface area (Å²) in [6, 6.07) is 17.3. The Labute approximate surface area is 131 Å². The minimum Gasteiger partial charge on any atom is -0.483 e. The molecule has 1 atom stereocenters. The first-order valence-electron chi connectivity index (χ1n) is 6.58. The summed E-state index contributed by atoms with van der Waals surface area (Å²) in [6.45, 7) is 1.76. The van der Waals surface area contributed by atoms with Gasteiger partial charge in [0.15, 0.2) is 6.10 Å². The fourth-order valence-corrected chi connectivity index (χ4v) is 3.21. The number of rotatable bonds is 4. The van der Waals surface area contributed by atoms with E-state index in [1.165, 1.54) is 11.3 Å². The SMILES string of the molecule is CC(Oc1ccc2ccccc2c1)C(=O)c1ccc(Cl)s1. The molecule has 21 heavy (non-hydrogen) atoms. The van der Waals surface area contributed by atoms with Gasteiger partial charge in [0.25, 0.3) is 0 Å². The van der Waals surface area contributed by atoms with Crippen LogP contribution in [0, 0.1) is 0 Å². The second kappa shape index (κ2) is 5.88. The van der Waals surface area contributed by atoms with Crippen LogP contribution in [-0.4, -0.2) is 11.9 Å². The van der Waals surface area contributed by atoms with Gasteiger partial charge in [0.05, 0.1) is 9.21 Å². The summed E-state index contributed by atoms with van der Waals surface area (Å²) in [6.07, 6.45) is -0.541. The van der Waals surface area contributed by atoms with Gasteiger partial charge in [-0.15, -0.1) is 11.3 Å². The first kappa shape index (κ1) is 14.1. The average Bonchev–Trinajstić information content (AvgIpc) is 2.93. The number of ether oxygens (including phenoxy) is 1. The van der Waals surface area contributed by atoms with Crippen molar-refractivity contribution in [3.05, 3.63) is 63.8 Å². The molecule has 2 nitrogen and oxygen atoms in total. The maximum atomic E-state index is 12.3. The number of carbonyl (C=O) groups excluding carboxylic acids is 1. The van der Waals surface area contributed by atoms with Crippen molar-refractivity contribution in [3.63, 3.8) is 0 Å². The summed E-state index contributed by atoms with van der Waals surface area (Å²) in [5, 5.41) is 2.24. The van der Waals surface area contributed by atoms with E-state index in [1.54, 1.807) is 19.1 Å². The lowest BCUT2D eigenvalue weighted by molar-refractivity contribution is 0.0822. The molecular formula is C17H13ClO2S. The Kier molecular flexibility index (Phi) is 3.95. The van der Waals surface area contributed by atoms with Crippen LogP contribution in [0.2, 0.25) is 4.34 Å². The molecule has 3 aromatic rings. The van der Waals surface area contributed by atoms with E-state index in [-0.39, 0.29) is 5.78 Å². The van der Waals surface area contributed by atoms with Gasteiger partial charge in [0.2, 0.25) is 5.78 Å². The molecule has 0 spiro atoms. The summed E-state index contributed by atoms with van der Waals surface area (Å²) >= 11 is 7.13. The summed E-state index contributed by atoms with van der Waals surface area (Å²) in [7, 11) is 0. The molecule has 0 aliphatic carbocycles. The molecule has 106 valence electrons. The summed E-state index contributed by atoms with van der Waals surface area (Å²) in [4.78, 5) is 12.9. The maximum Gasteiger partial charge on any atom is 0.212 e. The highest BCUT2D eigenvalue weighted by atomic mass is 35.5. The molecule has 0 bridgehead atoms. The van der Waals surface area contributed by atoms with Gasteiger partial charge in [-0.05, 0) is 42.0 Å². The second-order valence-electron chi connectivity index (χ2n) is 4.74. The summed E-state index contributed by atoms with van der Waals surface area (Å²) in [5.74, 6) is 0.636. The van der Waals surface area contributed by atoms with Crippen molar-refractivity contribution in [1.82, 2.24) is 0 Å². The van der Waals surface area contributed by atoms with E-state index in [9.17, 15) is 4.79 Å². The van der Waals surface area contributed by atoms with Crippen LogP contribution >= 0.6 is 22.9 Å². The van der Waals surface area contributed by atoms with Gasteiger partial charge in [0, 0.05) is 0 Å². The van der Waals surface area contributed by atoms with Crippen molar-refractivity contribution >= 4 is 39.5 Å². The number of Topliss-reactive ketones (excluding diaryl/α,β-unsaturated/α-hetero) is 1. The van der Waals surface area contributed by atoms with Crippen molar-refractivity contribution in [3.8, 4) is 5.75 Å². The van der Waals surface area contributed by atoms with Gasteiger partial charge >= 0.3 is 0 Å². The van der Waals surface area contributed by atoms with Crippen molar-refractivity contribution in [1.29, 1.82) is 0 Å². The van der Waals surface area contributed by atoms with Gasteiger partial charge in [-0.1, -0.05) is 41.9 Å². The average molecular weight is 317 g/mol. The van der Waals surface area contributed by atoms with E-state index in [1.807, 2.05) is 42.5 Å². The Balaban J connectivity index is 1.79. The van der Waals surface area contributed by atoms with Gasteiger partial charge in [-0.25, -0.2) is 0 Å². The second-order valence-corrected chi connectivity index (χ2v) is 6.45. The standard InChI is InChI=1S/C17H13ClO2S/c1-11(17(19)15-8-9-16(18)21-15)20-14-7-6-12-4-2-3-5-13(12)10-14/h2-11H,1H3. The number of hydrogen-bond donors (Lipinski definition) is 0. The summed E-state index contributed by atoms with van der Waals surface area (Å²) < 4.78 is 6.37. The fourth-order valence-electron chi connectivity index (χ4n) is 2.15. The number of thiophene rings is 1. The lowest BCUT2D eigenvalue weighted by atomic mass is 10.1. The van der Waals surface area contributed by atoms with Gasteiger partial charge < -0.3 is 4.74 Å². The van der Waals surface area contributed by atoms with E-state index in [4.69, 9.17) is 16.3 Å². The normalized spacial score (nSPS) is 12.3. The highest BCUT2D eigenvalue weighted by Crippen LogP contribution is 2.25. The maximum absolute atomic E-state index is 12.3. The molecule has 0 saturated heterocycles. The van der Waals surface area contributed by atoms with Crippen LogP contribution in [-0.2, 0) is 0 Å². The molecular weight excluding hydrogens is 304 g/mol. The van der Waals surface area contributed by atoms with Gasteiger partial charge in [0.1, 0.15) is 5.75 Å². The zero-order chi connectivity index (χ0) is 14.8. The van der Waals surface area contributed by atoms with Gasteiger partial charge in [-0.2, -0.15) is 0 Å². The van der Waals surface area contributed by atoms with Crippen LogP contribution in [0.1, 0.15) is 16.6 Å². The van der Waals surface area contributed by atoms with Gasteiger partial charge in [-0.3, -0.25) is 4.79 Å². The molecule has 1 heterocycles. The van der Waals surface area contributed by atoms with Crippen molar-refractivity contribution in [2.45, 2.75) is 13.0 Å². The Morgan fingerprint density at radius 1 is 1.10 bits per heavy atom. The third-order valence-electron chi connectivity index (χ3n) is 3.22. The van der Waals surface area contributed by atoms with Crippen LogP contribution < -0.4 is 4.74 Å². The van der Waals surface area contributed by atoms with E-state index < -0.39 is 6.10 Å². The number of halogens is 1. The molecule has 2 aromatic carbocycles. The zero-order valence-corrected chi connectivity index (χ0v) is 12.9. The van der Waals surface area contributed by atoms with E-state index >= 15 is 0 Å². The summed E-state index contributed by atoms with van der Waals surface area (Å²) in [5.41, 5.74) is 0. The lowest BCUT2D eigenvalue weighted by Crippen LogP contribution is -2.23. The van der Waals surface area contributed by atoms with Crippen molar-refractivity contribution in [2.24, 2.45) is 0 Å². The molecule has 0 fully saturated rings. The van der Waals surface area contributed by atoms with E-state index in [2.05, 4.69) is 0 Å². The molecule has 0 saturated carbocycles. The smallest absolute Gasteiger partial charge is 0.212 e. The molecule has 1 unspecified atom stereocenters. The van der Waals surface area contributed by atoms with Crippen LogP contribution in [0.25, 0.3) is 10.8 Å². The monoisotopic (exact) mass is 316 g/mol. The molecule has 0 radical (unpaired) electrons. The first-order chi connectivity index (χ1) is 10.1. The Morgan fingerprint density at radius 3 is 2.57 bits per heavy atom. The Hall–Kier alpha value is -1.84. The number of benzene rings is 2. The fraction of sp³-hybridized carbons (Fsp3) is 0.118. The van der Waals surface area contributed by atoms with E-state index in [0.717, 1.165) is 10.8 Å². The number of carbonyl (C=O) groups is 1. The quantitative estimate of drug-likeness (QED) is 0.618. The molecule has 3 rings (SSSR count). The lowest BCUT2D eigenvalue weighted by Gasteiger charge is -2.13. The minimum absolute atomic E-state index is 0.0555. The van der Waals surface area contributed by atoms with Crippen LogP contribution in [0.4, 0.5) is 0 Å². The number of ketones is 1. The molecule has 4 heteroatoms. The highest BCUT2D eigenvalue weighted by Gasteiger charge is 2.18. The van der Waals surface area contributed by atoms with Crippen LogP contribution in [0.15, 0.2) is 54.6 Å². The Bertz CT molecular complexity index is 794. The molecule has 1 aromatic heterocycles. The van der Waals surface area contributed by atoms with Crippen LogP contribution in [0.5, 0.6) is 5.75 Å². The van der Waals surface area contributed by atoms with Crippen LogP contribution in [0.3, 0.4) is 0 Å². The predicted molar refractivity (Wildman–Crippen MR) is 87.7 cm³/mol. The van der Waals surface area contributed by atoms with E-state index in [0.29, 0.717) is 15.0 Å². The van der Waals surface area contributed by atoms with Crippen molar-refractivity contribution in [2.75, 3.05) is 0 Å². The third kappa shape index (κ3) is 3.09.